The van der Waals surface area contributed by atoms with Gasteiger partial charge in [-0.3, -0.25) is 4.79 Å². The van der Waals surface area contributed by atoms with E-state index in [9.17, 15) is 4.79 Å². The fraction of sp³-hybridized carbons (Fsp3) is 0.667. The van der Waals surface area contributed by atoms with Gasteiger partial charge in [-0.1, -0.05) is 26.0 Å². The molecule has 0 aromatic carbocycles. The van der Waals surface area contributed by atoms with Crippen LogP contribution in [-0.4, -0.2) is 12.5 Å². The summed E-state index contributed by atoms with van der Waals surface area (Å²) in [6.45, 7) is 6.29. The van der Waals surface area contributed by atoms with E-state index in [0.717, 1.165) is 6.42 Å². The molecule has 15 heavy (non-hydrogen) atoms. The van der Waals surface area contributed by atoms with Crippen LogP contribution in [0.4, 0.5) is 0 Å². The maximum absolute atomic E-state index is 11.8. The van der Waals surface area contributed by atoms with Crippen molar-refractivity contribution >= 4 is 5.91 Å². The number of allylic oxidation sites excluding steroid dienone is 1. The van der Waals surface area contributed by atoms with Gasteiger partial charge >= 0.3 is 0 Å². The summed E-state index contributed by atoms with van der Waals surface area (Å²) in [6.07, 6.45) is 5.89. The number of carbonyl (C=O) groups is 1. The van der Waals surface area contributed by atoms with Crippen molar-refractivity contribution in [2.45, 2.75) is 40.0 Å². The number of hydrogen-bond donors (Lipinski definition) is 1. The minimum absolute atomic E-state index is 0.139. The number of hydrogen-bond acceptors (Lipinski definition) is 2. The quantitative estimate of drug-likeness (QED) is 0.538. The van der Waals surface area contributed by atoms with Gasteiger partial charge in [0.2, 0.25) is 5.91 Å². The Balaban J connectivity index is 4.23. The molecule has 0 saturated heterocycles. The number of nitrogens with zero attached hydrogens (tertiary/aromatic N) is 1. The molecule has 0 radical (unpaired) electrons. The normalized spacial score (nSPS) is 11.3. The molecule has 0 fully saturated rings. The molecule has 0 aliphatic rings. The van der Waals surface area contributed by atoms with Gasteiger partial charge in [0, 0.05) is 6.54 Å². The van der Waals surface area contributed by atoms with Crippen molar-refractivity contribution < 1.29 is 4.79 Å². The first-order valence-electron chi connectivity index (χ1n) is 5.47. The smallest absolute Gasteiger partial charge is 0.240 e. The van der Waals surface area contributed by atoms with Crippen LogP contribution in [0.25, 0.3) is 0 Å². The van der Waals surface area contributed by atoms with Crippen molar-refractivity contribution in [3.8, 4) is 6.07 Å². The van der Waals surface area contributed by atoms with Crippen LogP contribution in [0, 0.1) is 16.7 Å². The summed E-state index contributed by atoms with van der Waals surface area (Å²) in [4.78, 5) is 11.8. The van der Waals surface area contributed by atoms with Gasteiger partial charge in [-0.25, -0.2) is 0 Å². The predicted molar refractivity (Wildman–Crippen MR) is 61.1 cm³/mol. The highest BCUT2D eigenvalue weighted by Gasteiger charge is 2.34. The molecular weight excluding hydrogens is 188 g/mol. The van der Waals surface area contributed by atoms with Crippen LogP contribution in [0.2, 0.25) is 0 Å². The van der Waals surface area contributed by atoms with Gasteiger partial charge in [0.1, 0.15) is 5.41 Å². The average molecular weight is 208 g/mol. The summed E-state index contributed by atoms with van der Waals surface area (Å²) in [5.41, 5.74) is -0.837. The Morgan fingerprint density at radius 3 is 2.47 bits per heavy atom. The predicted octanol–water partition coefficient (Wildman–Crippen LogP) is 2.40. The molecule has 0 bridgehead atoms. The van der Waals surface area contributed by atoms with Gasteiger partial charge in [0.25, 0.3) is 0 Å². The highest BCUT2D eigenvalue weighted by atomic mass is 16.2. The van der Waals surface area contributed by atoms with Crippen molar-refractivity contribution in [1.29, 1.82) is 5.26 Å². The van der Waals surface area contributed by atoms with Crippen molar-refractivity contribution in [2.75, 3.05) is 6.54 Å². The average Bonchev–Trinajstić information content (AvgIpc) is 2.28. The van der Waals surface area contributed by atoms with E-state index < -0.39 is 5.41 Å². The Kier molecular flexibility index (Phi) is 6.44. The number of nitrogens with one attached hydrogen (secondary N) is 1. The van der Waals surface area contributed by atoms with Gasteiger partial charge in [-0.05, 0) is 26.2 Å². The SMILES string of the molecule is C/C=C/CCNC(=O)C(C#N)(CC)CC. The molecule has 0 aliphatic carbocycles. The third-order valence-electron chi connectivity index (χ3n) is 2.69. The van der Waals surface area contributed by atoms with E-state index in [0.29, 0.717) is 19.4 Å². The molecule has 3 nitrogen and oxygen atoms in total. The standard InChI is InChI=1S/C12H20N2O/c1-4-7-8-9-14-11(15)12(5-2,6-3)10-13/h4,7H,5-6,8-9H2,1-3H3,(H,14,15)/b7-4+. The largest absolute Gasteiger partial charge is 0.354 e. The first-order chi connectivity index (χ1) is 7.16. The zero-order valence-electron chi connectivity index (χ0n) is 9.84. The fourth-order valence-electron chi connectivity index (χ4n) is 1.38. The van der Waals surface area contributed by atoms with Crippen molar-refractivity contribution in [2.24, 2.45) is 5.41 Å². The summed E-state index contributed by atoms with van der Waals surface area (Å²) >= 11 is 0. The van der Waals surface area contributed by atoms with Gasteiger partial charge in [0.15, 0.2) is 0 Å². The van der Waals surface area contributed by atoms with E-state index in [1.54, 1.807) is 0 Å². The molecule has 0 atom stereocenters. The molecule has 1 amide bonds. The second kappa shape index (κ2) is 7.05. The van der Waals surface area contributed by atoms with E-state index in [2.05, 4.69) is 11.4 Å². The summed E-state index contributed by atoms with van der Waals surface area (Å²) in [7, 11) is 0. The minimum atomic E-state index is -0.837. The molecule has 0 unspecified atom stereocenters. The van der Waals surface area contributed by atoms with Gasteiger partial charge in [-0.15, -0.1) is 0 Å². The number of nitriles is 1. The topological polar surface area (TPSA) is 52.9 Å². The van der Waals surface area contributed by atoms with Crippen LogP contribution >= 0.6 is 0 Å². The molecule has 0 rings (SSSR count). The Hall–Kier alpha value is -1.30. The molecule has 0 aliphatic heterocycles. The molecule has 0 heterocycles. The molecule has 1 N–H and O–H groups in total. The molecule has 3 heteroatoms. The Labute approximate surface area is 92.2 Å². The Morgan fingerprint density at radius 2 is 2.07 bits per heavy atom. The highest BCUT2D eigenvalue weighted by molar-refractivity contribution is 5.85. The maximum atomic E-state index is 11.8. The van der Waals surface area contributed by atoms with Crippen molar-refractivity contribution in [3.05, 3.63) is 12.2 Å². The lowest BCUT2D eigenvalue weighted by Gasteiger charge is -2.21. The van der Waals surface area contributed by atoms with Crippen molar-refractivity contribution in [3.63, 3.8) is 0 Å². The van der Waals surface area contributed by atoms with Crippen LogP contribution in [0.15, 0.2) is 12.2 Å². The monoisotopic (exact) mass is 208 g/mol. The van der Waals surface area contributed by atoms with Gasteiger partial charge in [-0.2, -0.15) is 5.26 Å². The maximum Gasteiger partial charge on any atom is 0.240 e. The lowest BCUT2D eigenvalue weighted by Crippen LogP contribution is -2.39. The zero-order valence-corrected chi connectivity index (χ0v) is 9.84. The second-order valence-electron chi connectivity index (χ2n) is 3.51. The summed E-state index contributed by atoms with van der Waals surface area (Å²) in [6, 6.07) is 2.13. The summed E-state index contributed by atoms with van der Waals surface area (Å²) < 4.78 is 0. The minimum Gasteiger partial charge on any atom is -0.354 e. The number of carbonyl (C=O) groups excluding carboxylic acids is 1. The third kappa shape index (κ3) is 3.75. The lowest BCUT2D eigenvalue weighted by atomic mass is 9.83. The Bertz CT molecular complexity index is 259. The summed E-state index contributed by atoms with van der Waals surface area (Å²) in [5, 5.41) is 11.8. The molecular formula is C12H20N2O. The van der Waals surface area contributed by atoms with Crippen LogP contribution < -0.4 is 5.32 Å². The number of amides is 1. The van der Waals surface area contributed by atoms with Gasteiger partial charge < -0.3 is 5.32 Å². The molecule has 0 spiro atoms. The first kappa shape index (κ1) is 13.7. The van der Waals surface area contributed by atoms with E-state index in [1.165, 1.54) is 0 Å². The van der Waals surface area contributed by atoms with E-state index in [-0.39, 0.29) is 5.91 Å². The van der Waals surface area contributed by atoms with Crippen LogP contribution in [0.1, 0.15) is 40.0 Å². The fourth-order valence-corrected chi connectivity index (χ4v) is 1.38. The Morgan fingerprint density at radius 1 is 1.47 bits per heavy atom. The van der Waals surface area contributed by atoms with E-state index >= 15 is 0 Å². The number of rotatable bonds is 6. The van der Waals surface area contributed by atoms with E-state index in [4.69, 9.17) is 5.26 Å². The molecule has 0 aromatic heterocycles. The lowest BCUT2D eigenvalue weighted by molar-refractivity contribution is -0.128. The molecule has 0 aromatic rings. The second-order valence-corrected chi connectivity index (χ2v) is 3.51. The highest BCUT2D eigenvalue weighted by Crippen LogP contribution is 2.25. The first-order valence-corrected chi connectivity index (χ1v) is 5.47. The van der Waals surface area contributed by atoms with Crippen LogP contribution in [0.5, 0.6) is 0 Å². The molecule has 84 valence electrons. The van der Waals surface area contributed by atoms with Crippen LogP contribution in [0.3, 0.4) is 0 Å². The van der Waals surface area contributed by atoms with Crippen molar-refractivity contribution in [1.82, 2.24) is 5.32 Å². The molecule has 0 saturated carbocycles. The third-order valence-corrected chi connectivity index (χ3v) is 2.69. The van der Waals surface area contributed by atoms with Gasteiger partial charge in [0.05, 0.1) is 6.07 Å². The van der Waals surface area contributed by atoms with E-state index in [1.807, 2.05) is 32.9 Å². The van der Waals surface area contributed by atoms with Crippen LogP contribution in [-0.2, 0) is 4.79 Å². The zero-order chi connectivity index (χ0) is 11.7. The summed E-state index contributed by atoms with van der Waals surface area (Å²) in [5.74, 6) is -0.139.